The number of aromatic nitrogens is 3. The Morgan fingerprint density at radius 2 is 2.07 bits per heavy atom. The van der Waals surface area contributed by atoms with Crippen LogP contribution in [0.3, 0.4) is 0 Å². The lowest BCUT2D eigenvalue weighted by Gasteiger charge is -2.20. The highest BCUT2D eigenvalue weighted by Crippen LogP contribution is 2.11. The van der Waals surface area contributed by atoms with E-state index >= 15 is 0 Å². The van der Waals surface area contributed by atoms with Crippen molar-refractivity contribution in [2.24, 2.45) is 0 Å². The molecular formula is C22H26FN5O2. The van der Waals surface area contributed by atoms with Gasteiger partial charge in [0, 0.05) is 37.1 Å². The predicted octanol–water partition coefficient (Wildman–Crippen LogP) is 2.53. The van der Waals surface area contributed by atoms with Gasteiger partial charge in [0.25, 0.3) is 11.5 Å². The number of nitrogens with one attached hydrogen (secondary N) is 1. The van der Waals surface area contributed by atoms with Crippen molar-refractivity contribution >= 4 is 5.91 Å². The van der Waals surface area contributed by atoms with Crippen LogP contribution in [0.25, 0.3) is 5.69 Å². The number of hydrogen-bond donors (Lipinski definition) is 1. The third-order valence-corrected chi connectivity index (χ3v) is 4.82. The molecule has 1 aromatic carbocycles. The Balaban J connectivity index is 1.75. The van der Waals surface area contributed by atoms with Crippen LogP contribution in [0.4, 0.5) is 4.39 Å². The van der Waals surface area contributed by atoms with Crippen molar-refractivity contribution in [3.8, 4) is 5.69 Å². The summed E-state index contributed by atoms with van der Waals surface area (Å²) in [6, 6.07) is 7.80. The van der Waals surface area contributed by atoms with Crippen LogP contribution in [0.5, 0.6) is 0 Å². The minimum Gasteiger partial charge on any atom is -0.348 e. The largest absolute Gasteiger partial charge is 0.348 e. The van der Waals surface area contributed by atoms with Gasteiger partial charge in [0.1, 0.15) is 11.4 Å². The van der Waals surface area contributed by atoms with E-state index < -0.39 is 5.91 Å². The molecule has 2 aromatic heterocycles. The van der Waals surface area contributed by atoms with Gasteiger partial charge in [-0.25, -0.2) is 9.07 Å². The highest BCUT2D eigenvalue weighted by Gasteiger charge is 2.18. The Hall–Kier alpha value is -3.26. The summed E-state index contributed by atoms with van der Waals surface area (Å²) in [4.78, 5) is 27.7. The van der Waals surface area contributed by atoms with Gasteiger partial charge < -0.3 is 14.8 Å². The molecule has 1 N–H and O–H groups in total. The van der Waals surface area contributed by atoms with Gasteiger partial charge in [-0.15, -0.1) is 0 Å². The second-order valence-corrected chi connectivity index (χ2v) is 7.65. The number of aryl methyl sites for hydroxylation is 1. The fourth-order valence-corrected chi connectivity index (χ4v) is 3.36. The quantitative estimate of drug-likeness (QED) is 0.649. The van der Waals surface area contributed by atoms with E-state index in [1.54, 1.807) is 48.3 Å². The van der Waals surface area contributed by atoms with Crippen molar-refractivity contribution in [2.75, 3.05) is 20.6 Å². The molecule has 1 amide bonds. The van der Waals surface area contributed by atoms with Gasteiger partial charge in [0.2, 0.25) is 0 Å². The Bertz CT molecular complexity index is 1100. The number of carbonyl (C=O) groups excluding carboxylic acids is 1. The van der Waals surface area contributed by atoms with Crippen molar-refractivity contribution in [3.63, 3.8) is 0 Å². The Kier molecular flexibility index (Phi) is 6.47. The molecule has 0 radical (unpaired) electrons. The zero-order valence-corrected chi connectivity index (χ0v) is 17.6. The van der Waals surface area contributed by atoms with Gasteiger partial charge in [0.05, 0.1) is 11.9 Å². The van der Waals surface area contributed by atoms with Crippen molar-refractivity contribution in [1.29, 1.82) is 0 Å². The minimum absolute atomic E-state index is 0.0656. The van der Waals surface area contributed by atoms with E-state index in [9.17, 15) is 14.0 Å². The van der Waals surface area contributed by atoms with Crippen LogP contribution >= 0.6 is 0 Å². The smallest absolute Gasteiger partial charge is 0.263 e. The van der Waals surface area contributed by atoms with Crippen molar-refractivity contribution < 1.29 is 9.18 Å². The first-order chi connectivity index (χ1) is 14.3. The summed E-state index contributed by atoms with van der Waals surface area (Å²) >= 11 is 0. The molecule has 0 saturated heterocycles. The number of amides is 1. The molecule has 3 aromatic rings. The molecule has 7 nitrogen and oxygen atoms in total. The molecular weight excluding hydrogens is 385 g/mol. The van der Waals surface area contributed by atoms with Crippen LogP contribution in [0.2, 0.25) is 0 Å². The van der Waals surface area contributed by atoms with E-state index in [1.165, 1.54) is 16.8 Å². The van der Waals surface area contributed by atoms with E-state index in [1.807, 2.05) is 25.9 Å². The third-order valence-electron chi connectivity index (χ3n) is 4.82. The van der Waals surface area contributed by atoms with Gasteiger partial charge in [0.15, 0.2) is 0 Å². The molecule has 2 heterocycles. The fraction of sp³-hybridized carbons (Fsp3) is 0.318. The van der Waals surface area contributed by atoms with Crippen molar-refractivity contribution in [3.05, 3.63) is 81.8 Å². The van der Waals surface area contributed by atoms with Crippen LogP contribution in [0, 0.1) is 12.7 Å². The molecule has 0 spiro atoms. The maximum Gasteiger partial charge on any atom is 0.263 e. The molecule has 0 aliphatic carbocycles. The molecule has 0 aliphatic heterocycles. The summed E-state index contributed by atoms with van der Waals surface area (Å²) in [7, 11) is 3.88. The molecule has 3 rings (SSSR count). The van der Waals surface area contributed by atoms with Crippen LogP contribution in [-0.4, -0.2) is 45.8 Å². The van der Waals surface area contributed by atoms with E-state index in [-0.39, 0.29) is 29.5 Å². The average molecular weight is 411 g/mol. The zero-order chi connectivity index (χ0) is 21.8. The number of pyridine rings is 1. The first-order valence-corrected chi connectivity index (χ1v) is 9.70. The lowest BCUT2D eigenvalue weighted by Crippen LogP contribution is -2.36. The fourth-order valence-electron chi connectivity index (χ4n) is 3.36. The first-order valence-electron chi connectivity index (χ1n) is 9.70. The van der Waals surface area contributed by atoms with E-state index in [0.29, 0.717) is 17.8 Å². The molecule has 1 atom stereocenters. The summed E-state index contributed by atoms with van der Waals surface area (Å²) in [6.45, 7) is 4.58. The predicted molar refractivity (Wildman–Crippen MR) is 113 cm³/mol. The SMILES string of the molecule is Cc1ccn(C(C)CN(C)C)c(=O)c1C(=O)NCc1cnn(-c2cccc(F)c2)c1. The van der Waals surface area contributed by atoms with Gasteiger partial charge >= 0.3 is 0 Å². The minimum atomic E-state index is -0.428. The summed E-state index contributed by atoms with van der Waals surface area (Å²) < 4.78 is 16.5. The standard InChI is InChI=1S/C22H26FN5O2/c1-15-8-9-27(16(2)13-26(3)4)22(30)20(15)21(29)24-11-17-12-25-28(14-17)19-7-5-6-18(23)10-19/h5-10,12,14,16H,11,13H2,1-4H3,(H,24,29). The highest BCUT2D eigenvalue weighted by molar-refractivity contribution is 5.95. The van der Waals surface area contributed by atoms with Crippen LogP contribution in [-0.2, 0) is 6.54 Å². The van der Waals surface area contributed by atoms with E-state index in [0.717, 1.165) is 5.56 Å². The third kappa shape index (κ3) is 4.83. The summed E-state index contributed by atoms with van der Waals surface area (Å²) in [5.41, 5.74) is 1.78. The average Bonchev–Trinajstić information content (AvgIpc) is 3.15. The lowest BCUT2D eigenvalue weighted by molar-refractivity contribution is 0.0948. The number of likely N-dealkylation sites (N-methyl/N-ethyl adjacent to an activating group) is 1. The topological polar surface area (TPSA) is 72.2 Å². The van der Waals surface area contributed by atoms with Crippen LogP contribution < -0.4 is 10.9 Å². The van der Waals surface area contributed by atoms with Gasteiger partial charge in [-0.2, -0.15) is 5.10 Å². The molecule has 158 valence electrons. The normalized spacial score (nSPS) is 12.2. The monoisotopic (exact) mass is 411 g/mol. The molecule has 0 saturated carbocycles. The van der Waals surface area contributed by atoms with Gasteiger partial charge in [-0.05, 0) is 57.8 Å². The molecule has 30 heavy (non-hydrogen) atoms. The molecule has 0 aliphatic rings. The Labute approximate surface area is 174 Å². The van der Waals surface area contributed by atoms with Crippen LogP contribution in [0.15, 0.2) is 53.7 Å². The van der Waals surface area contributed by atoms with Crippen LogP contribution in [0.1, 0.15) is 34.5 Å². The van der Waals surface area contributed by atoms with Crippen molar-refractivity contribution in [1.82, 2.24) is 24.6 Å². The zero-order valence-electron chi connectivity index (χ0n) is 17.6. The first kappa shape index (κ1) is 21.4. The number of hydrogen-bond acceptors (Lipinski definition) is 4. The number of benzene rings is 1. The number of carbonyl (C=O) groups is 1. The highest BCUT2D eigenvalue weighted by atomic mass is 19.1. The number of nitrogens with zero attached hydrogens (tertiary/aromatic N) is 4. The number of rotatable bonds is 7. The lowest BCUT2D eigenvalue weighted by atomic mass is 10.1. The van der Waals surface area contributed by atoms with E-state index in [4.69, 9.17) is 0 Å². The molecule has 1 unspecified atom stereocenters. The Morgan fingerprint density at radius 1 is 1.30 bits per heavy atom. The van der Waals surface area contributed by atoms with Crippen molar-refractivity contribution in [2.45, 2.75) is 26.4 Å². The molecule has 0 bridgehead atoms. The molecule has 8 heteroatoms. The maximum absolute atomic E-state index is 13.4. The second kappa shape index (κ2) is 9.04. The maximum atomic E-state index is 13.4. The summed E-state index contributed by atoms with van der Waals surface area (Å²) in [6.07, 6.45) is 5.04. The number of halogens is 1. The molecule has 0 fully saturated rings. The van der Waals surface area contributed by atoms with Gasteiger partial charge in [-0.3, -0.25) is 9.59 Å². The summed E-state index contributed by atoms with van der Waals surface area (Å²) in [5, 5.41) is 7.00. The van der Waals surface area contributed by atoms with Gasteiger partial charge in [-0.1, -0.05) is 6.07 Å². The second-order valence-electron chi connectivity index (χ2n) is 7.65. The Morgan fingerprint density at radius 3 is 2.77 bits per heavy atom. The van der Waals surface area contributed by atoms with E-state index in [2.05, 4.69) is 10.4 Å². The summed E-state index contributed by atoms with van der Waals surface area (Å²) in [5.74, 6) is -0.778.